The Morgan fingerprint density at radius 1 is 1.32 bits per heavy atom. The van der Waals surface area contributed by atoms with E-state index in [9.17, 15) is 0 Å². The van der Waals surface area contributed by atoms with Gasteiger partial charge in [0, 0.05) is 16.1 Å². The predicted molar refractivity (Wildman–Crippen MR) is 79.1 cm³/mol. The van der Waals surface area contributed by atoms with Crippen molar-refractivity contribution in [2.45, 2.75) is 32.7 Å². The second kappa shape index (κ2) is 5.84. The number of aryl methyl sites for hydroxylation is 1. The van der Waals surface area contributed by atoms with E-state index in [1.165, 1.54) is 5.56 Å². The molecule has 1 heterocycles. The molecule has 0 radical (unpaired) electrons. The zero-order valence-electron chi connectivity index (χ0n) is 11.6. The van der Waals surface area contributed by atoms with Crippen molar-refractivity contribution in [2.75, 3.05) is 7.05 Å². The highest BCUT2D eigenvalue weighted by Gasteiger charge is 2.20. The van der Waals surface area contributed by atoms with Gasteiger partial charge in [0.05, 0.1) is 5.92 Å². The molecule has 2 atom stereocenters. The summed E-state index contributed by atoms with van der Waals surface area (Å²) in [5.41, 5.74) is 2.14. The molecule has 0 amide bonds. The number of halogens is 1. The third-order valence-electron chi connectivity index (χ3n) is 3.47. The Morgan fingerprint density at radius 3 is 2.68 bits per heavy atom. The van der Waals surface area contributed by atoms with Gasteiger partial charge in [0.15, 0.2) is 0 Å². The summed E-state index contributed by atoms with van der Waals surface area (Å²) < 4.78 is 6.41. The Balaban J connectivity index is 2.27. The molecule has 1 aromatic heterocycles. The van der Waals surface area contributed by atoms with Gasteiger partial charge in [0.2, 0.25) is 11.7 Å². The third-order valence-corrected chi connectivity index (χ3v) is 4.32. The molecule has 0 spiro atoms. The lowest BCUT2D eigenvalue weighted by molar-refractivity contribution is 0.336. The minimum atomic E-state index is 0.181. The molecule has 102 valence electrons. The van der Waals surface area contributed by atoms with E-state index in [2.05, 4.69) is 45.2 Å². The Kier molecular flexibility index (Phi) is 4.37. The Hall–Kier alpha value is -1.20. The van der Waals surface area contributed by atoms with Crippen LogP contribution in [0.1, 0.15) is 31.2 Å². The van der Waals surface area contributed by atoms with Crippen molar-refractivity contribution in [2.24, 2.45) is 0 Å². The molecule has 0 saturated carbocycles. The monoisotopic (exact) mass is 323 g/mol. The van der Waals surface area contributed by atoms with E-state index in [1.807, 2.05) is 32.2 Å². The number of nitrogens with zero attached hydrogens (tertiary/aromatic N) is 2. The number of hydrogen-bond acceptors (Lipinski definition) is 4. The van der Waals surface area contributed by atoms with Crippen LogP contribution in [0.25, 0.3) is 11.4 Å². The maximum Gasteiger partial charge on any atom is 0.231 e. The molecule has 4 nitrogen and oxygen atoms in total. The Morgan fingerprint density at radius 2 is 2.05 bits per heavy atom. The molecule has 2 rings (SSSR count). The average molecular weight is 324 g/mol. The summed E-state index contributed by atoms with van der Waals surface area (Å²) in [6, 6.07) is 6.34. The van der Waals surface area contributed by atoms with E-state index >= 15 is 0 Å². The van der Waals surface area contributed by atoms with Crippen molar-refractivity contribution in [3.8, 4) is 11.4 Å². The maximum atomic E-state index is 5.36. The first kappa shape index (κ1) is 14.2. The molecule has 1 aromatic carbocycles. The lowest BCUT2D eigenvalue weighted by Crippen LogP contribution is -2.27. The fourth-order valence-electron chi connectivity index (χ4n) is 1.73. The Bertz CT molecular complexity index is 568. The molecule has 5 heteroatoms. The van der Waals surface area contributed by atoms with Crippen molar-refractivity contribution >= 4 is 15.9 Å². The summed E-state index contributed by atoms with van der Waals surface area (Å²) in [7, 11) is 1.93. The normalized spacial score (nSPS) is 14.4. The molecule has 1 N–H and O–H groups in total. The van der Waals surface area contributed by atoms with Crippen LogP contribution < -0.4 is 5.32 Å². The molecule has 0 bridgehead atoms. The van der Waals surface area contributed by atoms with Crippen LogP contribution in [0, 0.1) is 6.92 Å². The maximum absolute atomic E-state index is 5.36. The van der Waals surface area contributed by atoms with Gasteiger partial charge in [-0.2, -0.15) is 4.98 Å². The fourth-order valence-corrected chi connectivity index (χ4v) is 2.11. The Labute approximate surface area is 121 Å². The van der Waals surface area contributed by atoms with Gasteiger partial charge in [-0.15, -0.1) is 0 Å². The summed E-state index contributed by atoms with van der Waals surface area (Å²) in [6.45, 7) is 6.21. The number of rotatable bonds is 4. The van der Waals surface area contributed by atoms with Gasteiger partial charge < -0.3 is 9.84 Å². The van der Waals surface area contributed by atoms with Gasteiger partial charge >= 0.3 is 0 Å². The van der Waals surface area contributed by atoms with Crippen LogP contribution >= 0.6 is 15.9 Å². The van der Waals surface area contributed by atoms with E-state index in [-0.39, 0.29) is 12.0 Å². The van der Waals surface area contributed by atoms with Crippen molar-refractivity contribution in [3.63, 3.8) is 0 Å². The van der Waals surface area contributed by atoms with Crippen molar-refractivity contribution in [1.82, 2.24) is 15.5 Å². The van der Waals surface area contributed by atoms with Crippen LogP contribution in [0.15, 0.2) is 27.2 Å². The molecule has 2 unspecified atom stereocenters. The van der Waals surface area contributed by atoms with Crippen molar-refractivity contribution < 1.29 is 4.52 Å². The second-order valence-corrected chi connectivity index (χ2v) is 5.64. The molecule has 0 aliphatic rings. The van der Waals surface area contributed by atoms with Crippen LogP contribution in [0.2, 0.25) is 0 Å². The molecule has 2 aromatic rings. The first-order valence-electron chi connectivity index (χ1n) is 6.30. The van der Waals surface area contributed by atoms with Crippen LogP contribution in [0.3, 0.4) is 0 Å². The van der Waals surface area contributed by atoms with Crippen molar-refractivity contribution in [3.05, 3.63) is 34.1 Å². The molecule has 19 heavy (non-hydrogen) atoms. The molecular formula is C14H18BrN3O. The summed E-state index contributed by atoms with van der Waals surface area (Å²) in [6.07, 6.45) is 0. The lowest BCUT2D eigenvalue weighted by Gasteiger charge is -2.14. The number of benzene rings is 1. The minimum Gasteiger partial charge on any atom is -0.339 e. The van der Waals surface area contributed by atoms with Crippen molar-refractivity contribution in [1.29, 1.82) is 0 Å². The van der Waals surface area contributed by atoms with Gasteiger partial charge in [-0.3, -0.25) is 0 Å². The average Bonchev–Trinajstić information content (AvgIpc) is 2.89. The van der Waals surface area contributed by atoms with E-state index in [1.54, 1.807) is 0 Å². The smallest absolute Gasteiger partial charge is 0.231 e. The zero-order valence-corrected chi connectivity index (χ0v) is 13.2. The topological polar surface area (TPSA) is 51.0 Å². The highest BCUT2D eigenvalue weighted by Crippen LogP contribution is 2.25. The van der Waals surface area contributed by atoms with Gasteiger partial charge in [-0.05, 0) is 32.5 Å². The fraction of sp³-hybridized carbons (Fsp3) is 0.429. The summed E-state index contributed by atoms with van der Waals surface area (Å²) >= 11 is 3.52. The standard InChI is InChI=1S/C14H18BrN3O/c1-8-5-6-11(7-12(8)15)13-17-14(19-18-13)9(2)10(3)16-4/h5-7,9-10,16H,1-4H3. The zero-order chi connectivity index (χ0) is 14.0. The van der Waals surface area contributed by atoms with Crippen LogP contribution in [-0.4, -0.2) is 23.2 Å². The molecular weight excluding hydrogens is 306 g/mol. The molecule has 0 aliphatic carbocycles. The van der Waals surface area contributed by atoms with Gasteiger partial charge in [0.1, 0.15) is 0 Å². The highest BCUT2D eigenvalue weighted by atomic mass is 79.9. The van der Waals surface area contributed by atoms with E-state index in [4.69, 9.17) is 4.52 Å². The van der Waals surface area contributed by atoms with Crippen LogP contribution in [0.4, 0.5) is 0 Å². The number of aromatic nitrogens is 2. The first-order valence-corrected chi connectivity index (χ1v) is 7.09. The third kappa shape index (κ3) is 3.04. The van der Waals surface area contributed by atoms with E-state index in [0.29, 0.717) is 11.7 Å². The van der Waals surface area contributed by atoms with Crippen LogP contribution in [-0.2, 0) is 0 Å². The minimum absolute atomic E-state index is 0.181. The SMILES string of the molecule is CNC(C)C(C)c1nc(-c2ccc(C)c(Br)c2)no1. The predicted octanol–water partition coefficient (Wildman–Crippen LogP) is 3.52. The quantitative estimate of drug-likeness (QED) is 0.935. The van der Waals surface area contributed by atoms with Gasteiger partial charge in [0.25, 0.3) is 0 Å². The van der Waals surface area contributed by atoms with E-state index < -0.39 is 0 Å². The molecule has 0 saturated heterocycles. The van der Waals surface area contributed by atoms with Gasteiger partial charge in [-0.1, -0.05) is 40.1 Å². The van der Waals surface area contributed by atoms with Gasteiger partial charge in [-0.25, -0.2) is 0 Å². The highest BCUT2D eigenvalue weighted by molar-refractivity contribution is 9.10. The summed E-state index contributed by atoms with van der Waals surface area (Å²) in [5.74, 6) is 1.47. The summed E-state index contributed by atoms with van der Waals surface area (Å²) in [4.78, 5) is 4.48. The first-order chi connectivity index (χ1) is 9.02. The lowest BCUT2D eigenvalue weighted by atomic mass is 10.0. The van der Waals surface area contributed by atoms with Crippen LogP contribution in [0.5, 0.6) is 0 Å². The van der Waals surface area contributed by atoms with E-state index in [0.717, 1.165) is 10.0 Å². The largest absolute Gasteiger partial charge is 0.339 e. The molecule has 0 aliphatic heterocycles. The summed E-state index contributed by atoms with van der Waals surface area (Å²) in [5, 5.41) is 7.25. The number of likely N-dealkylation sites (N-methyl/N-ethyl adjacent to an activating group) is 1. The second-order valence-electron chi connectivity index (χ2n) is 4.79. The number of nitrogens with one attached hydrogen (secondary N) is 1. The number of hydrogen-bond donors (Lipinski definition) is 1. The molecule has 0 fully saturated rings.